The molecule has 0 spiro atoms. The van der Waals surface area contributed by atoms with Crippen LogP contribution in [-0.4, -0.2) is 36.8 Å². The van der Waals surface area contributed by atoms with Crippen molar-refractivity contribution in [3.63, 3.8) is 0 Å². The highest BCUT2D eigenvalue weighted by Gasteiger charge is 2.01. The molecule has 0 aromatic carbocycles. The minimum atomic E-state index is -0.345. The predicted octanol–water partition coefficient (Wildman–Crippen LogP) is 0.429. The third-order valence-electron chi connectivity index (χ3n) is 1.90. The summed E-state index contributed by atoms with van der Waals surface area (Å²) in [6.07, 6.45) is 2.43. The lowest BCUT2D eigenvalue weighted by molar-refractivity contribution is -0.117. The number of amides is 1. The number of aliphatic hydroxyl groups is 1. The van der Waals surface area contributed by atoms with Gasteiger partial charge in [-0.2, -0.15) is 0 Å². The summed E-state index contributed by atoms with van der Waals surface area (Å²) < 4.78 is 0. The molecule has 0 aromatic rings. The maximum atomic E-state index is 11.4. The molecule has 0 rings (SSSR count). The molecule has 15 heavy (non-hydrogen) atoms. The van der Waals surface area contributed by atoms with Gasteiger partial charge in [-0.3, -0.25) is 4.79 Å². The third kappa shape index (κ3) is 8.15. The molecule has 0 aliphatic heterocycles. The number of rotatable bonds is 7. The van der Waals surface area contributed by atoms with Gasteiger partial charge in [0.05, 0.1) is 6.10 Å². The second-order valence-corrected chi connectivity index (χ2v) is 3.60. The van der Waals surface area contributed by atoms with E-state index in [0.717, 1.165) is 12.0 Å². The molecule has 0 saturated carbocycles. The number of carbonyl (C=O) groups excluding carboxylic acids is 1. The lowest BCUT2D eigenvalue weighted by atomic mass is 10.2. The van der Waals surface area contributed by atoms with Gasteiger partial charge in [-0.1, -0.05) is 13.0 Å². The molecular formula is C11H22N2O2. The van der Waals surface area contributed by atoms with Crippen LogP contribution in [0.25, 0.3) is 0 Å². The summed E-state index contributed by atoms with van der Waals surface area (Å²) in [5, 5.41) is 14.8. The molecule has 0 radical (unpaired) electrons. The van der Waals surface area contributed by atoms with E-state index in [0.29, 0.717) is 19.6 Å². The topological polar surface area (TPSA) is 61.4 Å². The van der Waals surface area contributed by atoms with Crippen LogP contribution in [0.5, 0.6) is 0 Å². The van der Waals surface area contributed by atoms with Gasteiger partial charge in [0.15, 0.2) is 0 Å². The summed E-state index contributed by atoms with van der Waals surface area (Å²) in [5.41, 5.74) is 0.757. The van der Waals surface area contributed by atoms with Crippen LogP contribution in [0.2, 0.25) is 0 Å². The van der Waals surface area contributed by atoms with E-state index in [2.05, 4.69) is 10.6 Å². The molecule has 0 fully saturated rings. The lowest BCUT2D eigenvalue weighted by Gasteiger charge is -2.08. The molecule has 1 unspecified atom stereocenters. The fourth-order valence-corrected chi connectivity index (χ4v) is 1.11. The Balaban J connectivity index is 3.51. The number of hydrogen-bond acceptors (Lipinski definition) is 3. The summed E-state index contributed by atoms with van der Waals surface area (Å²) in [4.78, 5) is 11.4. The first-order valence-electron chi connectivity index (χ1n) is 5.41. The van der Waals surface area contributed by atoms with Crippen LogP contribution in [0.15, 0.2) is 11.6 Å². The highest BCUT2D eigenvalue weighted by Crippen LogP contribution is 1.93. The van der Waals surface area contributed by atoms with Crippen molar-refractivity contribution in [3.8, 4) is 0 Å². The van der Waals surface area contributed by atoms with E-state index < -0.39 is 0 Å². The Bertz CT molecular complexity index is 213. The Morgan fingerprint density at radius 3 is 2.67 bits per heavy atom. The van der Waals surface area contributed by atoms with Crippen LogP contribution in [-0.2, 0) is 4.79 Å². The molecule has 4 nitrogen and oxygen atoms in total. The van der Waals surface area contributed by atoms with Crippen molar-refractivity contribution < 1.29 is 9.90 Å². The first kappa shape index (κ1) is 14.1. The lowest BCUT2D eigenvalue weighted by Crippen LogP contribution is -2.34. The molecule has 0 bridgehead atoms. The minimum absolute atomic E-state index is 0.0179. The molecular weight excluding hydrogens is 192 g/mol. The van der Waals surface area contributed by atoms with Crippen molar-refractivity contribution in [2.24, 2.45) is 0 Å². The van der Waals surface area contributed by atoms with Crippen molar-refractivity contribution in [1.29, 1.82) is 0 Å². The van der Waals surface area contributed by atoms with Crippen molar-refractivity contribution in [2.75, 3.05) is 19.6 Å². The number of hydrogen-bond donors (Lipinski definition) is 3. The van der Waals surface area contributed by atoms with Crippen LogP contribution in [0.4, 0.5) is 0 Å². The van der Waals surface area contributed by atoms with E-state index in [9.17, 15) is 4.79 Å². The predicted molar refractivity (Wildman–Crippen MR) is 61.6 cm³/mol. The Morgan fingerprint density at radius 1 is 1.47 bits per heavy atom. The maximum absolute atomic E-state index is 11.4. The number of allylic oxidation sites excluding steroid dienone is 1. The van der Waals surface area contributed by atoms with Crippen molar-refractivity contribution in [3.05, 3.63) is 11.6 Å². The number of aliphatic hydroxyl groups excluding tert-OH is 1. The molecule has 1 atom stereocenters. The third-order valence-corrected chi connectivity index (χ3v) is 1.90. The zero-order chi connectivity index (χ0) is 11.7. The van der Waals surface area contributed by atoms with Crippen LogP contribution in [0.3, 0.4) is 0 Å². The van der Waals surface area contributed by atoms with E-state index in [1.54, 1.807) is 6.92 Å². The largest absolute Gasteiger partial charge is 0.392 e. The standard InChI is InChI=1S/C11H22N2O2/c1-4-5-9(2)11(15)13-7-6-12-8-10(3)14/h5,10,12,14H,4,6-8H2,1-3H3,(H,13,15)/b9-5-. The van der Waals surface area contributed by atoms with Gasteiger partial charge in [-0.25, -0.2) is 0 Å². The Labute approximate surface area is 91.8 Å². The maximum Gasteiger partial charge on any atom is 0.246 e. The fourth-order valence-electron chi connectivity index (χ4n) is 1.11. The SMILES string of the molecule is CC/C=C(/C)C(=O)NCCNCC(C)O. The van der Waals surface area contributed by atoms with Crippen LogP contribution in [0.1, 0.15) is 27.2 Å². The van der Waals surface area contributed by atoms with Gasteiger partial charge in [0, 0.05) is 25.2 Å². The van der Waals surface area contributed by atoms with Crippen LogP contribution in [0, 0.1) is 0 Å². The number of nitrogens with one attached hydrogen (secondary N) is 2. The van der Waals surface area contributed by atoms with Gasteiger partial charge in [0.25, 0.3) is 0 Å². The van der Waals surface area contributed by atoms with Crippen LogP contribution >= 0.6 is 0 Å². The monoisotopic (exact) mass is 214 g/mol. The highest BCUT2D eigenvalue weighted by atomic mass is 16.3. The summed E-state index contributed by atoms with van der Waals surface area (Å²) in [5.74, 6) is -0.0179. The second-order valence-electron chi connectivity index (χ2n) is 3.60. The molecule has 0 heterocycles. The molecule has 3 N–H and O–H groups in total. The molecule has 0 aliphatic rings. The van der Waals surface area contributed by atoms with E-state index >= 15 is 0 Å². The van der Waals surface area contributed by atoms with E-state index in [1.807, 2.05) is 19.9 Å². The quantitative estimate of drug-likeness (QED) is 0.425. The fraction of sp³-hybridized carbons (Fsp3) is 0.727. The summed E-state index contributed by atoms with van der Waals surface area (Å²) in [6.45, 7) is 7.35. The molecule has 0 aliphatic carbocycles. The van der Waals surface area contributed by atoms with Crippen molar-refractivity contribution >= 4 is 5.91 Å². The normalized spacial score (nSPS) is 13.7. The average Bonchev–Trinajstić information content (AvgIpc) is 2.16. The van der Waals surface area contributed by atoms with E-state index in [4.69, 9.17) is 5.11 Å². The van der Waals surface area contributed by atoms with Gasteiger partial charge in [-0.15, -0.1) is 0 Å². The van der Waals surface area contributed by atoms with Gasteiger partial charge >= 0.3 is 0 Å². The first-order valence-corrected chi connectivity index (χ1v) is 5.41. The smallest absolute Gasteiger partial charge is 0.246 e. The Kier molecular flexibility index (Phi) is 7.95. The van der Waals surface area contributed by atoms with Gasteiger partial charge < -0.3 is 15.7 Å². The Morgan fingerprint density at radius 2 is 2.13 bits per heavy atom. The van der Waals surface area contributed by atoms with E-state index in [-0.39, 0.29) is 12.0 Å². The van der Waals surface area contributed by atoms with Gasteiger partial charge in [-0.05, 0) is 20.3 Å². The zero-order valence-electron chi connectivity index (χ0n) is 9.84. The highest BCUT2D eigenvalue weighted by molar-refractivity contribution is 5.92. The molecule has 0 aromatic heterocycles. The minimum Gasteiger partial charge on any atom is -0.392 e. The molecule has 88 valence electrons. The Hall–Kier alpha value is -0.870. The summed E-state index contributed by atoms with van der Waals surface area (Å²) in [7, 11) is 0. The summed E-state index contributed by atoms with van der Waals surface area (Å²) >= 11 is 0. The molecule has 1 amide bonds. The van der Waals surface area contributed by atoms with Crippen LogP contribution < -0.4 is 10.6 Å². The van der Waals surface area contributed by atoms with Gasteiger partial charge in [0.1, 0.15) is 0 Å². The number of carbonyl (C=O) groups is 1. The van der Waals surface area contributed by atoms with Crippen molar-refractivity contribution in [2.45, 2.75) is 33.3 Å². The van der Waals surface area contributed by atoms with Gasteiger partial charge in [0.2, 0.25) is 5.91 Å². The molecule has 4 heteroatoms. The zero-order valence-corrected chi connectivity index (χ0v) is 9.84. The van der Waals surface area contributed by atoms with Crippen molar-refractivity contribution in [1.82, 2.24) is 10.6 Å². The second kappa shape index (κ2) is 8.44. The first-order chi connectivity index (χ1) is 7.07. The summed E-state index contributed by atoms with van der Waals surface area (Å²) in [6, 6.07) is 0. The molecule has 0 saturated heterocycles. The average molecular weight is 214 g/mol. The van der Waals surface area contributed by atoms with E-state index in [1.165, 1.54) is 0 Å².